The standard InChI is InChI=1S/C15H24N2O/c1-12-3-2-4-13(9-12)10-17-11-15(18)14-5-7-16-8-6-14/h5-8,12-13,15,17-18H,2-4,9-11H2,1H3. The van der Waals surface area contributed by atoms with Crippen LogP contribution in [0.2, 0.25) is 0 Å². The summed E-state index contributed by atoms with van der Waals surface area (Å²) in [6.07, 6.45) is 8.44. The molecule has 1 heterocycles. The van der Waals surface area contributed by atoms with Gasteiger partial charge in [0.2, 0.25) is 0 Å². The number of nitrogens with one attached hydrogen (secondary N) is 1. The topological polar surface area (TPSA) is 45.1 Å². The molecule has 1 aliphatic carbocycles. The van der Waals surface area contributed by atoms with Crippen LogP contribution < -0.4 is 5.32 Å². The highest BCUT2D eigenvalue weighted by Crippen LogP contribution is 2.27. The van der Waals surface area contributed by atoms with Crippen molar-refractivity contribution in [1.29, 1.82) is 0 Å². The Hall–Kier alpha value is -0.930. The normalized spacial score (nSPS) is 25.9. The van der Waals surface area contributed by atoms with E-state index < -0.39 is 6.10 Å². The van der Waals surface area contributed by atoms with Crippen LogP contribution in [0.5, 0.6) is 0 Å². The molecule has 0 radical (unpaired) electrons. The van der Waals surface area contributed by atoms with Gasteiger partial charge in [0.05, 0.1) is 6.10 Å². The summed E-state index contributed by atoms with van der Waals surface area (Å²) in [5.41, 5.74) is 0.939. The third-order valence-corrected chi connectivity index (χ3v) is 3.91. The predicted octanol–water partition coefficient (Wildman–Crippen LogP) is 2.53. The lowest BCUT2D eigenvalue weighted by atomic mass is 9.82. The Labute approximate surface area is 110 Å². The molecule has 3 atom stereocenters. The molecular weight excluding hydrogens is 224 g/mol. The zero-order valence-electron chi connectivity index (χ0n) is 11.2. The summed E-state index contributed by atoms with van der Waals surface area (Å²) >= 11 is 0. The molecule has 2 N–H and O–H groups in total. The van der Waals surface area contributed by atoms with Gasteiger partial charge in [-0.25, -0.2) is 0 Å². The van der Waals surface area contributed by atoms with Crippen LogP contribution in [0.25, 0.3) is 0 Å². The number of rotatable bonds is 5. The van der Waals surface area contributed by atoms with Gasteiger partial charge in [0.25, 0.3) is 0 Å². The van der Waals surface area contributed by atoms with Gasteiger partial charge in [-0.2, -0.15) is 0 Å². The largest absolute Gasteiger partial charge is 0.387 e. The van der Waals surface area contributed by atoms with Crippen molar-refractivity contribution in [2.45, 2.75) is 38.7 Å². The molecule has 3 heteroatoms. The van der Waals surface area contributed by atoms with E-state index in [9.17, 15) is 5.11 Å². The van der Waals surface area contributed by atoms with Gasteiger partial charge in [0, 0.05) is 18.9 Å². The van der Waals surface area contributed by atoms with Gasteiger partial charge in [-0.1, -0.05) is 19.8 Å². The highest BCUT2D eigenvalue weighted by molar-refractivity contribution is 5.13. The highest BCUT2D eigenvalue weighted by Gasteiger charge is 2.18. The summed E-state index contributed by atoms with van der Waals surface area (Å²) < 4.78 is 0. The number of hydrogen-bond donors (Lipinski definition) is 2. The average molecular weight is 248 g/mol. The second kappa shape index (κ2) is 6.86. The van der Waals surface area contributed by atoms with Crippen LogP contribution in [0.15, 0.2) is 24.5 Å². The van der Waals surface area contributed by atoms with E-state index in [1.54, 1.807) is 12.4 Å². The molecule has 1 aromatic heterocycles. The van der Waals surface area contributed by atoms with E-state index in [0.717, 1.165) is 23.9 Å². The maximum absolute atomic E-state index is 10.0. The van der Waals surface area contributed by atoms with E-state index in [-0.39, 0.29) is 0 Å². The summed E-state index contributed by atoms with van der Waals surface area (Å²) in [7, 11) is 0. The van der Waals surface area contributed by atoms with Crippen LogP contribution in [0.3, 0.4) is 0 Å². The minimum Gasteiger partial charge on any atom is -0.387 e. The molecular formula is C15H24N2O. The molecule has 0 aliphatic heterocycles. The van der Waals surface area contributed by atoms with E-state index >= 15 is 0 Å². The Morgan fingerprint density at radius 1 is 1.39 bits per heavy atom. The second-order valence-corrected chi connectivity index (χ2v) is 5.59. The minimum atomic E-state index is -0.422. The van der Waals surface area contributed by atoms with E-state index in [1.165, 1.54) is 25.7 Å². The van der Waals surface area contributed by atoms with Crippen molar-refractivity contribution in [3.63, 3.8) is 0 Å². The third-order valence-electron chi connectivity index (χ3n) is 3.91. The lowest BCUT2D eigenvalue weighted by Gasteiger charge is -2.27. The molecule has 0 bridgehead atoms. The smallest absolute Gasteiger partial charge is 0.0915 e. The number of nitrogens with zero attached hydrogens (tertiary/aromatic N) is 1. The monoisotopic (exact) mass is 248 g/mol. The minimum absolute atomic E-state index is 0.422. The Bertz CT molecular complexity index is 342. The fraction of sp³-hybridized carbons (Fsp3) is 0.667. The SMILES string of the molecule is CC1CCCC(CNCC(O)c2ccncc2)C1. The number of pyridine rings is 1. The zero-order valence-corrected chi connectivity index (χ0v) is 11.2. The highest BCUT2D eigenvalue weighted by atomic mass is 16.3. The molecule has 18 heavy (non-hydrogen) atoms. The Balaban J connectivity index is 1.69. The molecule has 0 spiro atoms. The first-order valence-corrected chi connectivity index (χ1v) is 7.04. The van der Waals surface area contributed by atoms with Crippen molar-refractivity contribution in [3.8, 4) is 0 Å². The molecule has 3 nitrogen and oxygen atoms in total. The van der Waals surface area contributed by atoms with Crippen molar-refractivity contribution in [1.82, 2.24) is 10.3 Å². The molecule has 0 aromatic carbocycles. The number of aliphatic hydroxyl groups excluding tert-OH is 1. The first-order valence-electron chi connectivity index (χ1n) is 7.04. The van der Waals surface area contributed by atoms with E-state index in [4.69, 9.17) is 0 Å². The van der Waals surface area contributed by atoms with Gasteiger partial charge < -0.3 is 10.4 Å². The summed E-state index contributed by atoms with van der Waals surface area (Å²) in [6, 6.07) is 3.74. The van der Waals surface area contributed by atoms with Crippen LogP contribution in [0.4, 0.5) is 0 Å². The Kier molecular flexibility index (Phi) is 5.14. The van der Waals surface area contributed by atoms with Crippen LogP contribution in [-0.4, -0.2) is 23.2 Å². The molecule has 100 valence electrons. The molecule has 1 aromatic rings. The van der Waals surface area contributed by atoms with Crippen LogP contribution in [0, 0.1) is 11.8 Å². The first-order chi connectivity index (χ1) is 8.75. The summed E-state index contributed by atoms with van der Waals surface area (Å²) in [4.78, 5) is 3.96. The molecule has 0 saturated heterocycles. The van der Waals surface area contributed by atoms with Crippen molar-refractivity contribution in [2.24, 2.45) is 11.8 Å². The van der Waals surface area contributed by atoms with Crippen molar-refractivity contribution in [2.75, 3.05) is 13.1 Å². The first kappa shape index (κ1) is 13.5. The summed E-state index contributed by atoms with van der Waals surface area (Å²) in [6.45, 7) is 4.01. The number of aliphatic hydroxyl groups is 1. The van der Waals surface area contributed by atoms with Crippen LogP contribution in [-0.2, 0) is 0 Å². The van der Waals surface area contributed by atoms with Gasteiger partial charge in [-0.15, -0.1) is 0 Å². The van der Waals surface area contributed by atoms with Crippen molar-refractivity contribution in [3.05, 3.63) is 30.1 Å². The maximum Gasteiger partial charge on any atom is 0.0915 e. The molecule has 1 aliphatic rings. The van der Waals surface area contributed by atoms with Gasteiger partial charge in [-0.3, -0.25) is 4.98 Å². The number of hydrogen-bond acceptors (Lipinski definition) is 3. The van der Waals surface area contributed by atoms with Gasteiger partial charge in [0.15, 0.2) is 0 Å². The molecule has 2 rings (SSSR count). The molecule has 1 fully saturated rings. The quantitative estimate of drug-likeness (QED) is 0.841. The van der Waals surface area contributed by atoms with E-state index in [0.29, 0.717) is 6.54 Å². The van der Waals surface area contributed by atoms with Crippen molar-refractivity contribution >= 4 is 0 Å². The molecule has 0 amide bonds. The van der Waals surface area contributed by atoms with Gasteiger partial charge in [0.1, 0.15) is 0 Å². The summed E-state index contributed by atoms with van der Waals surface area (Å²) in [5, 5.41) is 13.4. The van der Waals surface area contributed by atoms with Gasteiger partial charge in [-0.05, 0) is 48.9 Å². The van der Waals surface area contributed by atoms with Gasteiger partial charge >= 0.3 is 0 Å². The Morgan fingerprint density at radius 2 is 2.17 bits per heavy atom. The average Bonchev–Trinajstić information content (AvgIpc) is 2.40. The van der Waals surface area contributed by atoms with Crippen molar-refractivity contribution < 1.29 is 5.11 Å². The lowest BCUT2D eigenvalue weighted by Crippen LogP contribution is -2.29. The third kappa shape index (κ3) is 4.07. The Morgan fingerprint density at radius 3 is 2.89 bits per heavy atom. The van der Waals surface area contributed by atoms with Crippen LogP contribution >= 0.6 is 0 Å². The number of aromatic nitrogens is 1. The summed E-state index contributed by atoms with van der Waals surface area (Å²) in [5.74, 6) is 1.66. The maximum atomic E-state index is 10.0. The predicted molar refractivity (Wildman–Crippen MR) is 73.2 cm³/mol. The second-order valence-electron chi connectivity index (χ2n) is 5.59. The van der Waals surface area contributed by atoms with E-state index in [1.807, 2.05) is 12.1 Å². The van der Waals surface area contributed by atoms with Crippen LogP contribution in [0.1, 0.15) is 44.3 Å². The molecule has 3 unspecified atom stereocenters. The zero-order chi connectivity index (χ0) is 12.8. The lowest BCUT2D eigenvalue weighted by molar-refractivity contribution is 0.168. The van der Waals surface area contributed by atoms with E-state index in [2.05, 4.69) is 17.2 Å². The fourth-order valence-electron chi connectivity index (χ4n) is 2.87. The fourth-order valence-corrected chi connectivity index (χ4v) is 2.87. The molecule has 1 saturated carbocycles.